The van der Waals surface area contributed by atoms with Crippen LogP contribution in [0.25, 0.3) is 0 Å². The summed E-state index contributed by atoms with van der Waals surface area (Å²) in [6, 6.07) is 0. The molecule has 1 aromatic rings. The van der Waals surface area contributed by atoms with Gasteiger partial charge < -0.3 is 4.90 Å². The fourth-order valence-electron chi connectivity index (χ4n) is 2.53. The number of hydrogen-bond acceptors (Lipinski definition) is 3. The third-order valence-corrected chi connectivity index (χ3v) is 3.44. The van der Waals surface area contributed by atoms with E-state index >= 15 is 0 Å². The van der Waals surface area contributed by atoms with Crippen LogP contribution < -0.4 is 0 Å². The molecule has 0 radical (unpaired) electrons. The van der Waals surface area contributed by atoms with Crippen molar-refractivity contribution in [3.8, 4) is 0 Å². The maximum absolute atomic E-state index is 12.0. The average molecular weight is 247 g/mol. The van der Waals surface area contributed by atoms with E-state index in [1.807, 2.05) is 24.9 Å². The fraction of sp³-hybridized carbons (Fsp3) is 0.643. The van der Waals surface area contributed by atoms with E-state index in [2.05, 4.69) is 9.97 Å². The number of nitrogens with zero attached hydrogens (tertiary/aromatic N) is 3. The zero-order chi connectivity index (χ0) is 13.0. The number of piperidine rings is 1. The van der Waals surface area contributed by atoms with Crippen LogP contribution in [0.4, 0.5) is 0 Å². The fourth-order valence-corrected chi connectivity index (χ4v) is 2.53. The second kappa shape index (κ2) is 5.94. The Hall–Kier alpha value is -1.45. The highest BCUT2D eigenvalue weighted by Crippen LogP contribution is 2.21. The van der Waals surface area contributed by atoms with Gasteiger partial charge in [0.2, 0.25) is 5.91 Å². The quantitative estimate of drug-likeness (QED) is 0.819. The second-order valence-electron chi connectivity index (χ2n) is 5.35. The van der Waals surface area contributed by atoms with Gasteiger partial charge in [-0.1, -0.05) is 13.8 Å². The molecule has 18 heavy (non-hydrogen) atoms. The number of aromatic nitrogens is 2. The molecule has 2 rings (SSSR count). The summed E-state index contributed by atoms with van der Waals surface area (Å²) in [5, 5.41) is 0. The Balaban J connectivity index is 1.93. The first-order valence-corrected chi connectivity index (χ1v) is 6.70. The summed E-state index contributed by atoms with van der Waals surface area (Å²) >= 11 is 0. The SMILES string of the molecule is CC(C)C(=O)N1CCCC(Cc2cnccn2)C1. The summed E-state index contributed by atoms with van der Waals surface area (Å²) in [6.45, 7) is 5.71. The maximum Gasteiger partial charge on any atom is 0.225 e. The van der Waals surface area contributed by atoms with Gasteiger partial charge in [-0.3, -0.25) is 14.8 Å². The first-order valence-electron chi connectivity index (χ1n) is 6.70. The summed E-state index contributed by atoms with van der Waals surface area (Å²) in [5.74, 6) is 0.900. The summed E-state index contributed by atoms with van der Waals surface area (Å²) in [5.41, 5.74) is 1.03. The molecule has 1 aliphatic heterocycles. The zero-order valence-electron chi connectivity index (χ0n) is 11.2. The summed E-state index contributed by atoms with van der Waals surface area (Å²) < 4.78 is 0. The van der Waals surface area contributed by atoms with Crippen molar-refractivity contribution in [2.24, 2.45) is 11.8 Å². The van der Waals surface area contributed by atoms with Crippen LogP contribution in [0.15, 0.2) is 18.6 Å². The van der Waals surface area contributed by atoms with Crippen LogP contribution >= 0.6 is 0 Å². The van der Waals surface area contributed by atoms with E-state index in [0.29, 0.717) is 5.92 Å². The van der Waals surface area contributed by atoms with Crippen LogP contribution in [0.2, 0.25) is 0 Å². The van der Waals surface area contributed by atoms with Gasteiger partial charge in [0.1, 0.15) is 0 Å². The van der Waals surface area contributed by atoms with Gasteiger partial charge in [-0.25, -0.2) is 0 Å². The third-order valence-electron chi connectivity index (χ3n) is 3.44. The lowest BCUT2D eigenvalue weighted by molar-refractivity contribution is -0.136. The Bertz CT molecular complexity index is 391. The number of hydrogen-bond donors (Lipinski definition) is 0. The van der Waals surface area contributed by atoms with E-state index in [-0.39, 0.29) is 11.8 Å². The van der Waals surface area contributed by atoms with Crippen molar-refractivity contribution in [3.05, 3.63) is 24.3 Å². The molecule has 0 N–H and O–H groups in total. The number of carbonyl (C=O) groups is 1. The Morgan fingerprint density at radius 2 is 2.33 bits per heavy atom. The summed E-state index contributed by atoms with van der Waals surface area (Å²) in [7, 11) is 0. The molecule has 1 saturated heterocycles. The van der Waals surface area contributed by atoms with Crippen LogP contribution in [-0.4, -0.2) is 33.9 Å². The van der Waals surface area contributed by atoms with Crippen molar-refractivity contribution in [1.29, 1.82) is 0 Å². The standard InChI is InChI=1S/C14H21N3O/c1-11(2)14(18)17-7-3-4-12(10-17)8-13-9-15-5-6-16-13/h5-6,9,11-12H,3-4,7-8,10H2,1-2H3. The molecule has 2 heterocycles. The lowest BCUT2D eigenvalue weighted by Gasteiger charge is -2.33. The van der Waals surface area contributed by atoms with Gasteiger partial charge in [0.15, 0.2) is 0 Å². The van der Waals surface area contributed by atoms with Crippen molar-refractivity contribution >= 4 is 5.91 Å². The maximum atomic E-state index is 12.0. The topological polar surface area (TPSA) is 46.1 Å². The molecule has 1 aliphatic rings. The molecule has 1 unspecified atom stereocenters. The van der Waals surface area contributed by atoms with Crippen LogP contribution in [-0.2, 0) is 11.2 Å². The molecule has 1 atom stereocenters. The van der Waals surface area contributed by atoms with Gasteiger partial charge in [-0.2, -0.15) is 0 Å². The van der Waals surface area contributed by atoms with Gasteiger partial charge in [-0.15, -0.1) is 0 Å². The third kappa shape index (κ3) is 3.28. The van der Waals surface area contributed by atoms with Crippen LogP contribution in [0.1, 0.15) is 32.4 Å². The van der Waals surface area contributed by atoms with Crippen molar-refractivity contribution in [3.63, 3.8) is 0 Å². The van der Waals surface area contributed by atoms with Crippen molar-refractivity contribution in [1.82, 2.24) is 14.9 Å². The summed E-state index contributed by atoms with van der Waals surface area (Å²) in [6.07, 6.45) is 8.45. The molecule has 0 aromatic carbocycles. The van der Waals surface area contributed by atoms with Crippen LogP contribution in [0, 0.1) is 11.8 Å². The van der Waals surface area contributed by atoms with Crippen molar-refractivity contribution < 1.29 is 4.79 Å². The molecule has 1 aromatic heterocycles. The normalized spacial score (nSPS) is 20.2. The molecular weight excluding hydrogens is 226 g/mol. The van der Waals surface area contributed by atoms with Gasteiger partial charge in [0.25, 0.3) is 0 Å². The Morgan fingerprint density at radius 1 is 1.50 bits per heavy atom. The lowest BCUT2D eigenvalue weighted by Crippen LogP contribution is -2.42. The van der Waals surface area contributed by atoms with E-state index in [0.717, 1.165) is 31.6 Å². The van der Waals surface area contributed by atoms with Crippen molar-refractivity contribution in [2.75, 3.05) is 13.1 Å². The van der Waals surface area contributed by atoms with E-state index < -0.39 is 0 Å². The molecule has 98 valence electrons. The first kappa shape index (κ1) is 13.0. The Labute approximate surface area is 108 Å². The molecule has 0 saturated carbocycles. The first-order chi connectivity index (χ1) is 8.66. The van der Waals surface area contributed by atoms with Gasteiger partial charge >= 0.3 is 0 Å². The molecule has 0 spiro atoms. The highest BCUT2D eigenvalue weighted by atomic mass is 16.2. The minimum Gasteiger partial charge on any atom is -0.342 e. The monoisotopic (exact) mass is 247 g/mol. The second-order valence-corrected chi connectivity index (χ2v) is 5.35. The molecule has 4 heteroatoms. The predicted molar refractivity (Wildman–Crippen MR) is 69.9 cm³/mol. The molecule has 0 bridgehead atoms. The van der Waals surface area contributed by atoms with E-state index in [1.54, 1.807) is 12.4 Å². The smallest absolute Gasteiger partial charge is 0.225 e. The van der Waals surface area contributed by atoms with E-state index in [4.69, 9.17) is 0 Å². The molecule has 4 nitrogen and oxygen atoms in total. The highest BCUT2D eigenvalue weighted by molar-refractivity contribution is 5.78. The largest absolute Gasteiger partial charge is 0.342 e. The summed E-state index contributed by atoms with van der Waals surface area (Å²) in [4.78, 5) is 22.4. The minimum absolute atomic E-state index is 0.0975. The van der Waals surface area contributed by atoms with E-state index in [1.165, 1.54) is 6.42 Å². The van der Waals surface area contributed by atoms with Crippen LogP contribution in [0.3, 0.4) is 0 Å². The highest BCUT2D eigenvalue weighted by Gasteiger charge is 2.25. The van der Waals surface area contributed by atoms with Gasteiger partial charge in [0.05, 0.1) is 5.69 Å². The zero-order valence-corrected chi connectivity index (χ0v) is 11.2. The Morgan fingerprint density at radius 3 is 3.00 bits per heavy atom. The van der Waals surface area contributed by atoms with Gasteiger partial charge in [-0.05, 0) is 25.2 Å². The number of amides is 1. The average Bonchev–Trinajstić information content (AvgIpc) is 2.39. The number of likely N-dealkylation sites (tertiary alicyclic amines) is 1. The Kier molecular flexibility index (Phi) is 4.28. The van der Waals surface area contributed by atoms with Gasteiger partial charge in [0, 0.05) is 37.6 Å². The molecule has 1 fully saturated rings. The van der Waals surface area contributed by atoms with E-state index in [9.17, 15) is 4.79 Å². The predicted octanol–water partition coefficient (Wildman–Crippen LogP) is 1.91. The number of carbonyl (C=O) groups excluding carboxylic acids is 1. The minimum atomic E-state index is 0.0975. The van der Waals surface area contributed by atoms with Crippen molar-refractivity contribution in [2.45, 2.75) is 33.1 Å². The molecule has 1 amide bonds. The number of rotatable bonds is 3. The lowest BCUT2D eigenvalue weighted by atomic mass is 9.93. The molecule has 0 aliphatic carbocycles. The molecular formula is C14H21N3O. The van der Waals surface area contributed by atoms with Crippen LogP contribution in [0.5, 0.6) is 0 Å².